The van der Waals surface area contributed by atoms with Crippen molar-refractivity contribution in [3.05, 3.63) is 40.9 Å². The van der Waals surface area contributed by atoms with E-state index in [-0.39, 0.29) is 5.82 Å². The molecule has 1 heterocycles. The van der Waals surface area contributed by atoms with Gasteiger partial charge in [-0.05, 0) is 31.5 Å². The minimum atomic E-state index is -0.372. The van der Waals surface area contributed by atoms with Gasteiger partial charge < -0.3 is 5.32 Å². The molecule has 19 heavy (non-hydrogen) atoms. The van der Waals surface area contributed by atoms with E-state index in [9.17, 15) is 4.39 Å². The number of anilines is 1. The number of nitrogens with zero attached hydrogens (tertiary/aromatic N) is 2. The second kappa shape index (κ2) is 5.97. The van der Waals surface area contributed by atoms with E-state index >= 15 is 0 Å². The lowest BCUT2D eigenvalue weighted by atomic mass is 10.1. The molecule has 0 amide bonds. The Bertz CT molecular complexity index is 567. The van der Waals surface area contributed by atoms with E-state index in [2.05, 4.69) is 22.2 Å². The molecule has 0 aliphatic carbocycles. The van der Waals surface area contributed by atoms with E-state index in [4.69, 9.17) is 11.6 Å². The van der Waals surface area contributed by atoms with Crippen molar-refractivity contribution in [2.45, 2.75) is 20.3 Å². The van der Waals surface area contributed by atoms with E-state index in [0.717, 1.165) is 24.3 Å². The van der Waals surface area contributed by atoms with Crippen LogP contribution in [0.2, 0.25) is 5.02 Å². The molecular weight excluding hydrogens is 265 g/mol. The lowest BCUT2D eigenvalue weighted by Crippen LogP contribution is -2.05. The van der Waals surface area contributed by atoms with Crippen molar-refractivity contribution in [1.82, 2.24) is 9.97 Å². The third kappa shape index (κ3) is 3.20. The Morgan fingerprint density at radius 3 is 2.74 bits per heavy atom. The lowest BCUT2D eigenvalue weighted by Gasteiger charge is -2.11. The average molecular weight is 280 g/mol. The normalized spacial score (nSPS) is 10.5. The summed E-state index contributed by atoms with van der Waals surface area (Å²) in [5, 5.41) is 3.58. The van der Waals surface area contributed by atoms with Crippen LogP contribution in [0.4, 0.5) is 10.2 Å². The highest BCUT2D eigenvalue weighted by atomic mass is 35.5. The zero-order chi connectivity index (χ0) is 13.8. The van der Waals surface area contributed by atoms with E-state index in [1.165, 1.54) is 18.5 Å². The average Bonchev–Trinajstić information content (AvgIpc) is 2.36. The van der Waals surface area contributed by atoms with Crippen LogP contribution in [-0.4, -0.2) is 16.5 Å². The van der Waals surface area contributed by atoms with Crippen LogP contribution < -0.4 is 5.32 Å². The molecule has 0 aliphatic heterocycles. The fourth-order valence-corrected chi connectivity index (χ4v) is 2.08. The maximum Gasteiger partial charge on any atom is 0.132 e. The van der Waals surface area contributed by atoms with Gasteiger partial charge in [0, 0.05) is 22.7 Å². The van der Waals surface area contributed by atoms with Crippen LogP contribution in [0.15, 0.2) is 24.5 Å². The van der Waals surface area contributed by atoms with Gasteiger partial charge in [0.2, 0.25) is 0 Å². The Labute approximate surface area is 116 Å². The predicted molar refractivity (Wildman–Crippen MR) is 76.0 cm³/mol. The number of rotatable bonds is 4. The van der Waals surface area contributed by atoms with Crippen molar-refractivity contribution in [3.8, 4) is 11.3 Å². The van der Waals surface area contributed by atoms with Crippen LogP contribution in [0.3, 0.4) is 0 Å². The summed E-state index contributed by atoms with van der Waals surface area (Å²) in [6, 6.07) is 4.40. The quantitative estimate of drug-likeness (QED) is 0.917. The zero-order valence-corrected chi connectivity index (χ0v) is 11.6. The third-order valence-electron chi connectivity index (χ3n) is 2.76. The van der Waals surface area contributed by atoms with Crippen molar-refractivity contribution >= 4 is 17.4 Å². The number of aromatic nitrogens is 2. The first-order valence-electron chi connectivity index (χ1n) is 6.13. The Balaban J connectivity index is 2.44. The van der Waals surface area contributed by atoms with Crippen molar-refractivity contribution in [1.29, 1.82) is 0 Å². The molecule has 0 atom stereocenters. The molecule has 1 aromatic heterocycles. The minimum absolute atomic E-state index is 0.357. The minimum Gasteiger partial charge on any atom is -0.370 e. The molecule has 2 aromatic rings. The Morgan fingerprint density at radius 1 is 1.26 bits per heavy atom. The van der Waals surface area contributed by atoms with Gasteiger partial charge in [-0.15, -0.1) is 0 Å². The van der Waals surface area contributed by atoms with Gasteiger partial charge in [0.1, 0.15) is 18.0 Å². The SMILES string of the molecule is CCCNc1ncnc(-c2cc(F)cc(Cl)c2)c1C. The van der Waals surface area contributed by atoms with Crippen molar-refractivity contribution in [2.24, 2.45) is 0 Å². The van der Waals surface area contributed by atoms with Crippen molar-refractivity contribution in [2.75, 3.05) is 11.9 Å². The summed E-state index contributed by atoms with van der Waals surface area (Å²) in [6.07, 6.45) is 2.48. The van der Waals surface area contributed by atoms with E-state index in [1.54, 1.807) is 6.07 Å². The molecule has 1 N–H and O–H groups in total. The van der Waals surface area contributed by atoms with Crippen LogP contribution in [0, 0.1) is 12.7 Å². The number of hydrogen-bond donors (Lipinski definition) is 1. The molecule has 5 heteroatoms. The van der Waals surface area contributed by atoms with Gasteiger partial charge in [0.15, 0.2) is 0 Å². The molecule has 0 fully saturated rings. The van der Waals surface area contributed by atoms with Crippen molar-refractivity contribution in [3.63, 3.8) is 0 Å². The predicted octanol–water partition coefficient (Wildman–Crippen LogP) is 4.07. The van der Waals surface area contributed by atoms with Gasteiger partial charge >= 0.3 is 0 Å². The molecule has 0 aliphatic rings. The standard InChI is InChI=1S/C14H15ClFN3/c1-3-4-17-14-9(2)13(18-8-19-14)10-5-11(15)7-12(16)6-10/h5-8H,3-4H2,1-2H3,(H,17,18,19). The second-order valence-corrected chi connectivity index (χ2v) is 4.72. The maximum absolute atomic E-state index is 13.4. The number of hydrogen-bond acceptors (Lipinski definition) is 3. The third-order valence-corrected chi connectivity index (χ3v) is 2.98. The van der Waals surface area contributed by atoms with Gasteiger partial charge in [-0.1, -0.05) is 18.5 Å². The smallest absolute Gasteiger partial charge is 0.132 e. The lowest BCUT2D eigenvalue weighted by molar-refractivity contribution is 0.628. The van der Waals surface area contributed by atoms with Crippen molar-refractivity contribution < 1.29 is 4.39 Å². The van der Waals surface area contributed by atoms with Gasteiger partial charge in [-0.3, -0.25) is 0 Å². The van der Waals surface area contributed by atoms with Crippen LogP contribution >= 0.6 is 11.6 Å². The summed E-state index contributed by atoms with van der Waals surface area (Å²) in [4.78, 5) is 8.42. The fraction of sp³-hybridized carbons (Fsp3) is 0.286. The van der Waals surface area contributed by atoms with E-state index in [0.29, 0.717) is 16.3 Å². The van der Waals surface area contributed by atoms with Gasteiger partial charge in [-0.25, -0.2) is 14.4 Å². The molecule has 3 nitrogen and oxygen atoms in total. The highest BCUT2D eigenvalue weighted by molar-refractivity contribution is 6.30. The van der Waals surface area contributed by atoms with Crippen LogP contribution in [0.25, 0.3) is 11.3 Å². The first kappa shape index (κ1) is 13.7. The molecule has 100 valence electrons. The second-order valence-electron chi connectivity index (χ2n) is 4.28. The van der Waals surface area contributed by atoms with Crippen LogP contribution in [-0.2, 0) is 0 Å². The molecular formula is C14H15ClFN3. The largest absolute Gasteiger partial charge is 0.370 e. The molecule has 0 unspecified atom stereocenters. The monoisotopic (exact) mass is 279 g/mol. The summed E-state index contributed by atoms with van der Waals surface area (Å²) in [7, 11) is 0. The Kier molecular flexibility index (Phi) is 4.32. The van der Waals surface area contributed by atoms with Crippen LogP contribution in [0.1, 0.15) is 18.9 Å². The van der Waals surface area contributed by atoms with Gasteiger partial charge in [0.05, 0.1) is 5.69 Å². The summed E-state index contributed by atoms with van der Waals surface area (Å²) in [6.45, 7) is 4.82. The van der Waals surface area contributed by atoms with E-state index in [1.807, 2.05) is 6.92 Å². The zero-order valence-electron chi connectivity index (χ0n) is 10.9. The number of halogens is 2. The molecule has 0 saturated heterocycles. The molecule has 2 rings (SSSR count). The van der Waals surface area contributed by atoms with Gasteiger partial charge in [0.25, 0.3) is 0 Å². The summed E-state index contributed by atoms with van der Waals surface area (Å²) >= 11 is 5.88. The molecule has 0 radical (unpaired) electrons. The molecule has 0 saturated carbocycles. The molecule has 0 bridgehead atoms. The van der Waals surface area contributed by atoms with Gasteiger partial charge in [-0.2, -0.15) is 0 Å². The summed E-state index contributed by atoms with van der Waals surface area (Å²) < 4.78 is 13.4. The first-order valence-corrected chi connectivity index (χ1v) is 6.51. The van der Waals surface area contributed by atoms with E-state index < -0.39 is 0 Å². The Hall–Kier alpha value is -1.68. The number of nitrogens with one attached hydrogen (secondary N) is 1. The molecule has 0 spiro atoms. The number of benzene rings is 1. The first-order chi connectivity index (χ1) is 9.11. The summed E-state index contributed by atoms with van der Waals surface area (Å²) in [5.74, 6) is 0.399. The fourth-order valence-electron chi connectivity index (χ4n) is 1.85. The highest BCUT2D eigenvalue weighted by Gasteiger charge is 2.10. The topological polar surface area (TPSA) is 37.8 Å². The molecule has 1 aromatic carbocycles. The maximum atomic E-state index is 13.4. The summed E-state index contributed by atoms with van der Waals surface area (Å²) in [5.41, 5.74) is 2.23. The van der Waals surface area contributed by atoms with Crippen LogP contribution in [0.5, 0.6) is 0 Å². The highest BCUT2D eigenvalue weighted by Crippen LogP contribution is 2.27. The Morgan fingerprint density at radius 2 is 2.05 bits per heavy atom.